The van der Waals surface area contributed by atoms with Crippen molar-refractivity contribution in [1.29, 1.82) is 0 Å². The molecule has 6 heteroatoms. The maximum atomic E-state index is 11.7. The normalized spacial score (nSPS) is 13.7. The van der Waals surface area contributed by atoms with Crippen molar-refractivity contribution < 1.29 is 9.59 Å². The molecule has 0 heterocycles. The minimum atomic E-state index is -0.0829. The molecule has 1 aromatic rings. The zero-order valence-electron chi connectivity index (χ0n) is 12.1. The fourth-order valence-electron chi connectivity index (χ4n) is 1.68. The van der Waals surface area contributed by atoms with Crippen LogP contribution in [0.15, 0.2) is 24.3 Å². The quantitative estimate of drug-likeness (QED) is 0.748. The molecule has 5 nitrogen and oxygen atoms in total. The van der Waals surface area contributed by atoms with Gasteiger partial charge >= 0.3 is 0 Å². The first-order valence-corrected chi connectivity index (χ1v) is 7.39. The van der Waals surface area contributed by atoms with Crippen LogP contribution in [0, 0.1) is 11.8 Å². The summed E-state index contributed by atoms with van der Waals surface area (Å²) in [7, 11) is 0. The molecule has 1 aromatic carbocycles. The number of carbonyl (C=O) groups is 2. The van der Waals surface area contributed by atoms with Crippen molar-refractivity contribution in [3.63, 3.8) is 0 Å². The van der Waals surface area contributed by atoms with E-state index in [1.165, 1.54) is 0 Å². The average Bonchev–Trinajstić information content (AvgIpc) is 3.22. The van der Waals surface area contributed by atoms with Crippen molar-refractivity contribution >= 4 is 40.5 Å². The topological polar surface area (TPSA) is 70.2 Å². The molecule has 2 amide bonds. The highest BCUT2D eigenvalue weighted by atomic mass is 32.1. The fourth-order valence-corrected chi connectivity index (χ4v) is 1.90. The minimum Gasteiger partial charge on any atom is -0.332 e. The predicted octanol–water partition coefficient (Wildman–Crippen LogP) is 2.50. The molecule has 112 valence electrons. The molecule has 1 fully saturated rings. The van der Waals surface area contributed by atoms with Gasteiger partial charge in [0.15, 0.2) is 5.11 Å². The zero-order chi connectivity index (χ0) is 15.4. The molecular formula is C15H19N3O2S. The summed E-state index contributed by atoms with van der Waals surface area (Å²) >= 11 is 5.10. The van der Waals surface area contributed by atoms with E-state index in [1.54, 1.807) is 12.1 Å². The lowest BCUT2D eigenvalue weighted by molar-refractivity contribution is -0.121. The van der Waals surface area contributed by atoms with E-state index in [2.05, 4.69) is 16.0 Å². The molecule has 1 aliphatic rings. The van der Waals surface area contributed by atoms with Crippen LogP contribution >= 0.6 is 12.2 Å². The summed E-state index contributed by atoms with van der Waals surface area (Å²) in [5, 5.41) is 8.70. The van der Waals surface area contributed by atoms with E-state index in [-0.39, 0.29) is 28.8 Å². The van der Waals surface area contributed by atoms with Crippen LogP contribution in [-0.4, -0.2) is 16.9 Å². The molecule has 0 saturated heterocycles. The molecular weight excluding hydrogens is 286 g/mol. The Bertz CT molecular complexity index is 568. The van der Waals surface area contributed by atoms with E-state index in [4.69, 9.17) is 12.2 Å². The summed E-state index contributed by atoms with van der Waals surface area (Å²) in [4.78, 5) is 23.3. The molecule has 0 radical (unpaired) electrons. The summed E-state index contributed by atoms with van der Waals surface area (Å²) in [6.07, 6.45) is 1.87. The molecule has 0 aliphatic heterocycles. The number of rotatable bonds is 4. The smallest absolute Gasteiger partial charge is 0.229 e. The summed E-state index contributed by atoms with van der Waals surface area (Å²) in [5.41, 5.74) is 1.41. The third-order valence-electron chi connectivity index (χ3n) is 3.10. The lowest BCUT2D eigenvalue weighted by Crippen LogP contribution is -2.35. The van der Waals surface area contributed by atoms with Gasteiger partial charge in [-0.25, -0.2) is 0 Å². The molecule has 3 N–H and O–H groups in total. The third kappa shape index (κ3) is 4.82. The number of nitrogens with one attached hydrogen (secondary N) is 3. The van der Waals surface area contributed by atoms with Gasteiger partial charge in [0.1, 0.15) is 0 Å². The number of hydrogen-bond donors (Lipinski definition) is 3. The second-order valence-electron chi connectivity index (χ2n) is 5.44. The van der Waals surface area contributed by atoms with E-state index >= 15 is 0 Å². The van der Waals surface area contributed by atoms with E-state index < -0.39 is 0 Å². The Hall–Kier alpha value is -1.95. The summed E-state index contributed by atoms with van der Waals surface area (Å²) in [6, 6.07) is 7.21. The largest absolute Gasteiger partial charge is 0.332 e. The average molecular weight is 305 g/mol. The Labute approximate surface area is 129 Å². The van der Waals surface area contributed by atoms with Crippen LogP contribution in [0.1, 0.15) is 26.7 Å². The standard InChI is InChI=1S/C15H19N3O2S/c1-9(2)13(19)16-11-4-3-5-12(8-11)17-15(21)18-14(20)10-6-7-10/h3-5,8-10H,6-7H2,1-2H3,(H,16,19)(H2,17,18,20,21). The zero-order valence-corrected chi connectivity index (χ0v) is 12.9. The van der Waals surface area contributed by atoms with Crippen molar-refractivity contribution in [2.45, 2.75) is 26.7 Å². The van der Waals surface area contributed by atoms with Crippen molar-refractivity contribution in [3.05, 3.63) is 24.3 Å². The van der Waals surface area contributed by atoms with Crippen molar-refractivity contribution in [3.8, 4) is 0 Å². The van der Waals surface area contributed by atoms with Crippen molar-refractivity contribution in [2.24, 2.45) is 11.8 Å². The lowest BCUT2D eigenvalue weighted by atomic mass is 10.2. The van der Waals surface area contributed by atoms with Gasteiger partial charge < -0.3 is 16.0 Å². The Morgan fingerprint density at radius 3 is 2.38 bits per heavy atom. The predicted molar refractivity (Wildman–Crippen MR) is 87.0 cm³/mol. The molecule has 0 unspecified atom stereocenters. The van der Waals surface area contributed by atoms with Crippen molar-refractivity contribution in [1.82, 2.24) is 5.32 Å². The molecule has 0 atom stereocenters. The molecule has 0 bridgehead atoms. The van der Waals surface area contributed by atoms with Crippen molar-refractivity contribution in [2.75, 3.05) is 10.6 Å². The van der Waals surface area contributed by atoms with Crippen LogP contribution in [0.25, 0.3) is 0 Å². The number of anilines is 2. The Morgan fingerprint density at radius 2 is 1.81 bits per heavy atom. The van der Waals surface area contributed by atoms with Gasteiger partial charge in [-0.3, -0.25) is 9.59 Å². The molecule has 0 aromatic heterocycles. The van der Waals surface area contributed by atoms with Gasteiger partial charge in [-0.2, -0.15) is 0 Å². The SMILES string of the molecule is CC(C)C(=O)Nc1cccc(NC(=S)NC(=O)C2CC2)c1. The Morgan fingerprint density at radius 1 is 1.19 bits per heavy atom. The van der Waals surface area contributed by atoms with Gasteiger partial charge in [-0.05, 0) is 43.3 Å². The molecule has 1 saturated carbocycles. The van der Waals surface area contributed by atoms with Gasteiger partial charge in [-0.15, -0.1) is 0 Å². The second kappa shape index (κ2) is 6.67. The number of thiocarbonyl (C=S) groups is 1. The molecule has 2 rings (SSSR count). The summed E-state index contributed by atoms with van der Waals surface area (Å²) in [5.74, 6) is -0.0459. The monoisotopic (exact) mass is 305 g/mol. The van der Waals surface area contributed by atoms with Gasteiger partial charge in [0.05, 0.1) is 0 Å². The minimum absolute atomic E-state index is 0.0308. The summed E-state index contributed by atoms with van der Waals surface area (Å²) < 4.78 is 0. The number of hydrogen-bond acceptors (Lipinski definition) is 3. The van der Waals surface area contributed by atoms with Crippen LogP contribution in [0.4, 0.5) is 11.4 Å². The van der Waals surface area contributed by atoms with E-state index in [0.717, 1.165) is 18.5 Å². The highest BCUT2D eigenvalue weighted by molar-refractivity contribution is 7.80. The molecule has 1 aliphatic carbocycles. The van der Waals surface area contributed by atoms with Gasteiger partial charge in [0.25, 0.3) is 0 Å². The van der Waals surface area contributed by atoms with Crippen LogP contribution in [0.5, 0.6) is 0 Å². The Balaban J connectivity index is 1.92. The van der Waals surface area contributed by atoms with E-state index in [9.17, 15) is 9.59 Å². The van der Waals surface area contributed by atoms with Crippen LogP contribution < -0.4 is 16.0 Å². The van der Waals surface area contributed by atoms with Gasteiger partial charge in [0.2, 0.25) is 11.8 Å². The molecule has 0 spiro atoms. The highest BCUT2D eigenvalue weighted by Gasteiger charge is 2.29. The number of benzene rings is 1. The van der Waals surface area contributed by atoms with E-state index in [1.807, 2.05) is 26.0 Å². The van der Waals surface area contributed by atoms with E-state index in [0.29, 0.717) is 5.69 Å². The number of carbonyl (C=O) groups excluding carboxylic acids is 2. The Kier molecular flexibility index (Phi) is 4.90. The first kappa shape index (κ1) is 15.4. The second-order valence-corrected chi connectivity index (χ2v) is 5.85. The first-order chi connectivity index (χ1) is 9.95. The van der Waals surface area contributed by atoms with Gasteiger partial charge in [0, 0.05) is 23.2 Å². The van der Waals surface area contributed by atoms with Crippen LogP contribution in [0.3, 0.4) is 0 Å². The van der Waals surface area contributed by atoms with Gasteiger partial charge in [-0.1, -0.05) is 19.9 Å². The summed E-state index contributed by atoms with van der Waals surface area (Å²) in [6.45, 7) is 3.67. The lowest BCUT2D eigenvalue weighted by Gasteiger charge is -2.12. The van der Waals surface area contributed by atoms with Crippen LogP contribution in [-0.2, 0) is 9.59 Å². The third-order valence-corrected chi connectivity index (χ3v) is 3.30. The highest BCUT2D eigenvalue weighted by Crippen LogP contribution is 2.28. The van der Waals surface area contributed by atoms with Crippen LogP contribution in [0.2, 0.25) is 0 Å². The number of amides is 2. The first-order valence-electron chi connectivity index (χ1n) is 6.98. The maximum absolute atomic E-state index is 11.7. The fraction of sp³-hybridized carbons (Fsp3) is 0.400. The molecule has 21 heavy (non-hydrogen) atoms. The maximum Gasteiger partial charge on any atom is 0.229 e.